The first-order chi connectivity index (χ1) is 7.22. The van der Waals surface area contributed by atoms with Gasteiger partial charge >= 0.3 is 0 Å². The van der Waals surface area contributed by atoms with Crippen LogP contribution in [-0.2, 0) is 0 Å². The van der Waals surface area contributed by atoms with Gasteiger partial charge in [0.25, 0.3) is 0 Å². The largest absolute Gasteiger partial charge is 0.309 e. The minimum atomic E-state index is 0.244. The van der Waals surface area contributed by atoms with Crippen molar-refractivity contribution in [2.75, 3.05) is 23.9 Å². The molecular formula is C12H24ClNS. The SMILES string of the molecule is CCSCCNC1(CCl)CCCC(C)C1. The van der Waals surface area contributed by atoms with E-state index in [0.717, 1.165) is 18.3 Å². The van der Waals surface area contributed by atoms with Crippen molar-refractivity contribution in [1.82, 2.24) is 5.32 Å². The number of alkyl halides is 1. The van der Waals surface area contributed by atoms with E-state index in [2.05, 4.69) is 19.2 Å². The molecule has 1 saturated carbocycles. The van der Waals surface area contributed by atoms with Crippen LogP contribution in [0, 0.1) is 5.92 Å². The van der Waals surface area contributed by atoms with Crippen LogP contribution in [0.4, 0.5) is 0 Å². The van der Waals surface area contributed by atoms with Crippen molar-refractivity contribution in [2.45, 2.75) is 45.1 Å². The van der Waals surface area contributed by atoms with Crippen molar-refractivity contribution in [3.8, 4) is 0 Å². The van der Waals surface area contributed by atoms with Gasteiger partial charge in [-0.3, -0.25) is 0 Å². The lowest BCUT2D eigenvalue weighted by atomic mass is 9.77. The molecule has 2 atom stereocenters. The van der Waals surface area contributed by atoms with Crippen molar-refractivity contribution >= 4 is 23.4 Å². The maximum absolute atomic E-state index is 6.15. The molecule has 0 aromatic rings. The van der Waals surface area contributed by atoms with E-state index < -0.39 is 0 Å². The molecule has 0 bridgehead atoms. The van der Waals surface area contributed by atoms with Gasteiger partial charge in [0.1, 0.15) is 0 Å². The third-order valence-corrected chi connectivity index (χ3v) is 4.71. The van der Waals surface area contributed by atoms with Crippen LogP contribution in [0.2, 0.25) is 0 Å². The second kappa shape index (κ2) is 7.03. The third kappa shape index (κ3) is 4.54. The Morgan fingerprint density at radius 2 is 2.33 bits per heavy atom. The smallest absolute Gasteiger partial charge is 0.0406 e. The fourth-order valence-electron chi connectivity index (χ4n) is 2.52. The average molecular weight is 250 g/mol. The normalized spacial score (nSPS) is 31.8. The first-order valence-electron chi connectivity index (χ1n) is 6.11. The van der Waals surface area contributed by atoms with Crippen LogP contribution in [0.5, 0.6) is 0 Å². The summed E-state index contributed by atoms with van der Waals surface area (Å²) in [5.41, 5.74) is 0.244. The first kappa shape index (κ1) is 13.7. The predicted octanol–water partition coefficient (Wildman–Crippen LogP) is 3.52. The molecule has 0 saturated heterocycles. The zero-order valence-corrected chi connectivity index (χ0v) is 11.6. The van der Waals surface area contributed by atoms with Crippen molar-refractivity contribution < 1.29 is 0 Å². The van der Waals surface area contributed by atoms with Crippen LogP contribution in [0.1, 0.15) is 39.5 Å². The molecule has 1 aliphatic carbocycles. The van der Waals surface area contributed by atoms with Gasteiger partial charge in [-0.25, -0.2) is 0 Å². The highest BCUT2D eigenvalue weighted by Crippen LogP contribution is 2.33. The number of nitrogens with one attached hydrogen (secondary N) is 1. The zero-order valence-electron chi connectivity index (χ0n) is 10.0. The van der Waals surface area contributed by atoms with E-state index in [1.54, 1.807) is 0 Å². The molecule has 1 N–H and O–H groups in total. The van der Waals surface area contributed by atoms with Crippen LogP contribution in [0.25, 0.3) is 0 Å². The van der Waals surface area contributed by atoms with E-state index in [1.165, 1.54) is 37.2 Å². The summed E-state index contributed by atoms with van der Waals surface area (Å²) in [6, 6.07) is 0. The highest BCUT2D eigenvalue weighted by molar-refractivity contribution is 7.99. The Balaban J connectivity index is 2.31. The van der Waals surface area contributed by atoms with E-state index in [4.69, 9.17) is 11.6 Å². The number of hydrogen-bond donors (Lipinski definition) is 1. The van der Waals surface area contributed by atoms with Crippen molar-refractivity contribution in [3.63, 3.8) is 0 Å². The van der Waals surface area contributed by atoms with Gasteiger partial charge in [-0.2, -0.15) is 11.8 Å². The molecule has 90 valence electrons. The Morgan fingerprint density at radius 3 is 2.93 bits per heavy atom. The quantitative estimate of drug-likeness (QED) is 0.571. The minimum Gasteiger partial charge on any atom is -0.309 e. The molecule has 3 heteroatoms. The van der Waals surface area contributed by atoms with Gasteiger partial charge in [-0.05, 0) is 24.5 Å². The molecule has 0 radical (unpaired) electrons. The lowest BCUT2D eigenvalue weighted by Gasteiger charge is -2.39. The Bertz CT molecular complexity index is 177. The second-order valence-electron chi connectivity index (χ2n) is 4.74. The molecule has 15 heavy (non-hydrogen) atoms. The molecule has 0 amide bonds. The summed E-state index contributed by atoms with van der Waals surface area (Å²) in [5.74, 6) is 4.03. The highest BCUT2D eigenvalue weighted by Gasteiger charge is 2.33. The summed E-state index contributed by atoms with van der Waals surface area (Å²) < 4.78 is 0. The van der Waals surface area contributed by atoms with E-state index in [-0.39, 0.29) is 5.54 Å². The van der Waals surface area contributed by atoms with Crippen LogP contribution < -0.4 is 5.32 Å². The maximum Gasteiger partial charge on any atom is 0.0406 e. The average Bonchev–Trinajstić information content (AvgIpc) is 2.25. The van der Waals surface area contributed by atoms with Gasteiger partial charge in [-0.1, -0.05) is 26.7 Å². The molecule has 0 aliphatic heterocycles. The fraction of sp³-hybridized carbons (Fsp3) is 1.00. The van der Waals surface area contributed by atoms with E-state index in [1.807, 2.05) is 11.8 Å². The number of halogens is 1. The summed E-state index contributed by atoms with van der Waals surface area (Å²) in [4.78, 5) is 0. The minimum absolute atomic E-state index is 0.244. The lowest BCUT2D eigenvalue weighted by Crippen LogP contribution is -2.50. The summed E-state index contributed by atoms with van der Waals surface area (Å²) in [6.45, 7) is 5.67. The molecule has 1 nitrogen and oxygen atoms in total. The Kier molecular flexibility index (Phi) is 6.40. The van der Waals surface area contributed by atoms with E-state index >= 15 is 0 Å². The number of rotatable bonds is 6. The summed E-state index contributed by atoms with van der Waals surface area (Å²) >= 11 is 8.15. The summed E-state index contributed by atoms with van der Waals surface area (Å²) in [5, 5.41) is 3.70. The lowest BCUT2D eigenvalue weighted by molar-refractivity contribution is 0.213. The van der Waals surface area contributed by atoms with E-state index in [9.17, 15) is 0 Å². The van der Waals surface area contributed by atoms with Gasteiger partial charge in [0.05, 0.1) is 0 Å². The molecule has 1 fully saturated rings. The molecule has 1 aliphatic rings. The monoisotopic (exact) mass is 249 g/mol. The van der Waals surface area contributed by atoms with Gasteiger partial charge < -0.3 is 5.32 Å². The molecule has 0 spiro atoms. The molecule has 0 heterocycles. The van der Waals surface area contributed by atoms with Crippen molar-refractivity contribution in [1.29, 1.82) is 0 Å². The van der Waals surface area contributed by atoms with Crippen LogP contribution in [-0.4, -0.2) is 29.5 Å². The highest BCUT2D eigenvalue weighted by atomic mass is 35.5. The van der Waals surface area contributed by atoms with Crippen LogP contribution in [0.15, 0.2) is 0 Å². The Hall–Kier alpha value is 0.600. The van der Waals surface area contributed by atoms with Gasteiger partial charge in [0, 0.05) is 23.7 Å². The summed E-state index contributed by atoms with van der Waals surface area (Å²) in [7, 11) is 0. The fourth-order valence-corrected chi connectivity index (χ4v) is 3.39. The predicted molar refractivity (Wildman–Crippen MR) is 72.1 cm³/mol. The molecule has 0 aromatic carbocycles. The summed E-state index contributed by atoms with van der Waals surface area (Å²) in [6.07, 6.45) is 5.23. The van der Waals surface area contributed by atoms with E-state index in [0.29, 0.717) is 0 Å². The van der Waals surface area contributed by atoms with Crippen LogP contribution >= 0.6 is 23.4 Å². The molecule has 2 unspecified atom stereocenters. The first-order valence-corrected chi connectivity index (χ1v) is 7.80. The van der Waals surface area contributed by atoms with Crippen molar-refractivity contribution in [2.24, 2.45) is 5.92 Å². The van der Waals surface area contributed by atoms with Gasteiger partial charge in [-0.15, -0.1) is 11.6 Å². The molecule has 0 aromatic heterocycles. The third-order valence-electron chi connectivity index (χ3n) is 3.30. The standard InChI is InChI=1S/C12H24ClNS/c1-3-15-8-7-14-12(10-13)6-4-5-11(2)9-12/h11,14H,3-10H2,1-2H3. The van der Waals surface area contributed by atoms with Crippen molar-refractivity contribution in [3.05, 3.63) is 0 Å². The Labute approximate surface area is 104 Å². The molecule has 1 rings (SSSR count). The number of hydrogen-bond acceptors (Lipinski definition) is 2. The topological polar surface area (TPSA) is 12.0 Å². The second-order valence-corrected chi connectivity index (χ2v) is 6.40. The Morgan fingerprint density at radius 1 is 1.53 bits per heavy atom. The maximum atomic E-state index is 6.15. The van der Waals surface area contributed by atoms with Gasteiger partial charge in [0.15, 0.2) is 0 Å². The van der Waals surface area contributed by atoms with Gasteiger partial charge in [0.2, 0.25) is 0 Å². The molecular weight excluding hydrogens is 226 g/mol. The van der Waals surface area contributed by atoms with Crippen LogP contribution in [0.3, 0.4) is 0 Å². The zero-order chi connectivity index (χ0) is 11.1. The number of thioether (sulfide) groups is 1.